The van der Waals surface area contributed by atoms with E-state index in [-0.39, 0.29) is 30.2 Å². The lowest BCUT2D eigenvalue weighted by molar-refractivity contribution is -0.136. The van der Waals surface area contributed by atoms with Gasteiger partial charge in [-0.2, -0.15) is 0 Å². The maximum absolute atomic E-state index is 12.5. The van der Waals surface area contributed by atoms with Gasteiger partial charge < -0.3 is 15.1 Å². The maximum atomic E-state index is 12.5. The zero-order valence-corrected chi connectivity index (χ0v) is 18.6. The van der Waals surface area contributed by atoms with Gasteiger partial charge >= 0.3 is 0 Å². The van der Waals surface area contributed by atoms with E-state index in [1.165, 1.54) is 0 Å². The van der Waals surface area contributed by atoms with Crippen LogP contribution in [-0.2, 0) is 19.4 Å². The highest BCUT2D eigenvalue weighted by molar-refractivity contribution is 7.91. The van der Waals surface area contributed by atoms with Crippen LogP contribution in [0, 0.1) is 0 Å². The standard InChI is InChI=1S/C22H33N3O4S/c1-2-30(28,29)20-10-8-19(9-11-20)24-15-12-18(13-16-24)23-21(26)17-25-14-6-4-3-5-7-22(25)27/h8-11,18H,2-7,12-17H2,1H3,(H,23,26). The van der Waals surface area contributed by atoms with Gasteiger partial charge in [0.1, 0.15) is 0 Å². The monoisotopic (exact) mass is 435 g/mol. The van der Waals surface area contributed by atoms with Gasteiger partial charge in [0.05, 0.1) is 17.2 Å². The Morgan fingerprint density at radius 1 is 1.03 bits per heavy atom. The number of hydrogen-bond donors (Lipinski definition) is 1. The predicted octanol–water partition coefficient (Wildman–Crippen LogP) is 2.36. The van der Waals surface area contributed by atoms with Gasteiger partial charge in [-0.1, -0.05) is 19.8 Å². The van der Waals surface area contributed by atoms with Crippen molar-refractivity contribution in [2.75, 3.05) is 36.8 Å². The number of rotatable bonds is 6. The molecule has 30 heavy (non-hydrogen) atoms. The molecule has 2 aliphatic rings. The number of carbonyl (C=O) groups excluding carboxylic acids is 2. The van der Waals surface area contributed by atoms with Crippen LogP contribution in [0.3, 0.4) is 0 Å². The molecule has 2 saturated heterocycles. The first-order valence-electron chi connectivity index (χ1n) is 11.0. The van der Waals surface area contributed by atoms with Gasteiger partial charge in [-0.15, -0.1) is 0 Å². The number of amides is 2. The van der Waals surface area contributed by atoms with Crippen molar-refractivity contribution in [2.24, 2.45) is 0 Å². The highest BCUT2D eigenvalue weighted by Crippen LogP contribution is 2.22. The summed E-state index contributed by atoms with van der Waals surface area (Å²) in [4.78, 5) is 28.9. The Bertz CT molecular complexity index is 830. The van der Waals surface area contributed by atoms with Gasteiger partial charge in [0.15, 0.2) is 9.84 Å². The van der Waals surface area contributed by atoms with Gasteiger partial charge in [-0.05, 0) is 49.9 Å². The lowest BCUT2D eigenvalue weighted by atomic mass is 10.0. The zero-order valence-electron chi connectivity index (χ0n) is 17.8. The van der Waals surface area contributed by atoms with Crippen molar-refractivity contribution in [2.45, 2.75) is 62.8 Å². The summed E-state index contributed by atoms with van der Waals surface area (Å²) in [6.45, 7) is 4.08. The molecule has 0 aromatic heterocycles. The number of benzene rings is 1. The van der Waals surface area contributed by atoms with Crippen LogP contribution in [-0.4, -0.2) is 63.1 Å². The molecule has 0 unspecified atom stereocenters. The summed E-state index contributed by atoms with van der Waals surface area (Å²) in [7, 11) is -3.18. The number of anilines is 1. The van der Waals surface area contributed by atoms with E-state index in [4.69, 9.17) is 0 Å². The van der Waals surface area contributed by atoms with Crippen molar-refractivity contribution in [3.63, 3.8) is 0 Å². The van der Waals surface area contributed by atoms with Crippen molar-refractivity contribution < 1.29 is 18.0 Å². The minimum atomic E-state index is -3.18. The van der Waals surface area contributed by atoms with Crippen molar-refractivity contribution in [3.8, 4) is 0 Å². The number of likely N-dealkylation sites (tertiary alicyclic amines) is 1. The fourth-order valence-corrected chi connectivity index (χ4v) is 5.03. The lowest BCUT2D eigenvalue weighted by Crippen LogP contribution is -2.48. The van der Waals surface area contributed by atoms with Crippen LogP contribution >= 0.6 is 0 Å². The predicted molar refractivity (Wildman–Crippen MR) is 117 cm³/mol. The first-order valence-corrected chi connectivity index (χ1v) is 12.7. The topological polar surface area (TPSA) is 86.8 Å². The lowest BCUT2D eigenvalue weighted by Gasteiger charge is -2.34. The third kappa shape index (κ3) is 5.97. The first-order chi connectivity index (χ1) is 14.4. The molecule has 1 aromatic carbocycles. The van der Waals surface area contributed by atoms with Gasteiger partial charge in [0.25, 0.3) is 0 Å². The van der Waals surface area contributed by atoms with Crippen LogP contribution in [0.2, 0.25) is 0 Å². The number of piperidine rings is 1. The van der Waals surface area contributed by atoms with E-state index in [9.17, 15) is 18.0 Å². The SMILES string of the molecule is CCS(=O)(=O)c1ccc(N2CCC(NC(=O)CN3CCCCCCC3=O)CC2)cc1. The van der Waals surface area contributed by atoms with Gasteiger partial charge in [0, 0.05) is 37.8 Å². The molecule has 3 rings (SSSR count). The normalized spacial score (nSPS) is 19.3. The highest BCUT2D eigenvalue weighted by Gasteiger charge is 2.24. The second-order valence-corrected chi connectivity index (χ2v) is 10.5. The minimum Gasteiger partial charge on any atom is -0.371 e. The van der Waals surface area contributed by atoms with Crippen LogP contribution in [0.15, 0.2) is 29.2 Å². The smallest absolute Gasteiger partial charge is 0.239 e. The Morgan fingerprint density at radius 3 is 2.37 bits per heavy atom. The molecule has 0 bridgehead atoms. The number of nitrogens with one attached hydrogen (secondary N) is 1. The molecular formula is C22H33N3O4S. The summed E-state index contributed by atoms with van der Waals surface area (Å²) >= 11 is 0. The average Bonchev–Trinajstić information content (AvgIpc) is 2.74. The fraction of sp³-hybridized carbons (Fsp3) is 0.636. The van der Waals surface area contributed by atoms with Crippen LogP contribution in [0.25, 0.3) is 0 Å². The summed E-state index contributed by atoms with van der Waals surface area (Å²) in [5, 5.41) is 3.09. The van der Waals surface area contributed by atoms with Gasteiger partial charge in [-0.3, -0.25) is 9.59 Å². The molecule has 0 atom stereocenters. The number of carbonyl (C=O) groups is 2. The molecule has 2 aliphatic heterocycles. The second kappa shape index (κ2) is 10.3. The summed E-state index contributed by atoms with van der Waals surface area (Å²) in [6.07, 6.45) is 6.31. The number of sulfone groups is 1. The Labute approximate surface area is 179 Å². The molecule has 2 amide bonds. The molecule has 0 spiro atoms. The van der Waals surface area contributed by atoms with Gasteiger partial charge in [0.2, 0.25) is 11.8 Å². The molecule has 166 valence electrons. The third-order valence-electron chi connectivity index (χ3n) is 6.06. The zero-order chi connectivity index (χ0) is 21.6. The summed E-state index contributed by atoms with van der Waals surface area (Å²) in [5.41, 5.74) is 1.00. The number of hydrogen-bond acceptors (Lipinski definition) is 5. The van der Waals surface area contributed by atoms with Crippen molar-refractivity contribution >= 4 is 27.3 Å². The molecule has 0 radical (unpaired) electrons. The van der Waals surface area contributed by atoms with E-state index < -0.39 is 9.84 Å². The van der Waals surface area contributed by atoms with Gasteiger partial charge in [-0.25, -0.2) is 8.42 Å². The van der Waals surface area contributed by atoms with Crippen LogP contribution in [0.5, 0.6) is 0 Å². The fourth-order valence-electron chi connectivity index (χ4n) is 4.14. The molecule has 7 nitrogen and oxygen atoms in total. The van der Waals surface area contributed by atoms with Crippen molar-refractivity contribution in [1.82, 2.24) is 10.2 Å². The average molecular weight is 436 g/mol. The maximum Gasteiger partial charge on any atom is 0.239 e. The summed E-state index contributed by atoms with van der Waals surface area (Å²) < 4.78 is 23.9. The molecule has 8 heteroatoms. The highest BCUT2D eigenvalue weighted by atomic mass is 32.2. The molecular weight excluding hydrogens is 402 g/mol. The Hall–Kier alpha value is -2.09. The molecule has 2 heterocycles. The molecule has 0 aliphatic carbocycles. The van der Waals surface area contributed by atoms with E-state index in [1.807, 2.05) is 12.1 Å². The van der Waals surface area contributed by atoms with E-state index >= 15 is 0 Å². The van der Waals surface area contributed by atoms with Crippen LogP contribution in [0.1, 0.15) is 51.9 Å². The molecule has 0 saturated carbocycles. The van der Waals surface area contributed by atoms with E-state index in [0.29, 0.717) is 17.9 Å². The van der Waals surface area contributed by atoms with Crippen molar-refractivity contribution in [1.29, 1.82) is 0 Å². The second-order valence-electron chi connectivity index (χ2n) is 8.21. The molecule has 2 fully saturated rings. The molecule has 1 aromatic rings. The van der Waals surface area contributed by atoms with E-state index in [0.717, 1.165) is 57.3 Å². The van der Waals surface area contributed by atoms with Crippen molar-refractivity contribution in [3.05, 3.63) is 24.3 Å². The Kier molecular flexibility index (Phi) is 7.75. The Morgan fingerprint density at radius 2 is 1.70 bits per heavy atom. The van der Waals surface area contributed by atoms with Crippen LogP contribution < -0.4 is 10.2 Å². The minimum absolute atomic E-state index is 0.0727. The third-order valence-corrected chi connectivity index (χ3v) is 7.81. The van der Waals surface area contributed by atoms with E-state index in [2.05, 4.69) is 10.2 Å². The summed E-state index contributed by atoms with van der Waals surface area (Å²) in [6, 6.07) is 7.16. The number of nitrogens with zero attached hydrogens (tertiary/aromatic N) is 2. The largest absolute Gasteiger partial charge is 0.371 e. The molecule has 1 N–H and O–H groups in total. The van der Waals surface area contributed by atoms with E-state index in [1.54, 1.807) is 24.0 Å². The Balaban J connectivity index is 1.47. The quantitative estimate of drug-likeness (QED) is 0.741. The summed E-state index contributed by atoms with van der Waals surface area (Å²) in [5.74, 6) is 0.116. The van der Waals surface area contributed by atoms with Crippen LogP contribution in [0.4, 0.5) is 5.69 Å². The first kappa shape index (κ1) is 22.6.